The van der Waals surface area contributed by atoms with Crippen LogP contribution in [0, 0.1) is 6.92 Å². The largest absolute Gasteiger partial charge is 0.368 e. The van der Waals surface area contributed by atoms with Crippen LogP contribution in [-0.2, 0) is 22.6 Å². The molecule has 132 valence electrons. The number of aryl methyl sites for hydroxylation is 1. The number of nitrogens with zero attached hydrogens (tertiary/aromatic N) is 3. The molecule has 2 heterocycles. The van der Waals surface area contributed by atoms with E-state index in [-0.39, 0.29) is 12.0 Å². The van der Waals surface area contributed by atoms with Crippen LogP contribution in [-0.4, -0.2) is 40.5 Å². The second-order valence-electron chi connectivity index (χ2n) is 6.40. The number of morpholine rings is 1. The maximum atomic E-state index is 11.1. The summed E-state index contributed by atoms with van der Waals surface area (Å²) >= 11 is 0. The molecule has 0 saturated carbocycles. The highest BCUT2D eigenvalue weighted by Gasteiger charge is 2.24. The third kappa shape index (κ3) is 5.08. The maximum absolute atomic E-state index is 11.1. The van der Waals surface area contributed by atoms with Crippen molar-refractivity contribution in [2.45, 2.75) is 33.0 Å². The molecule has 6 heteroatoms. The predicted molar refractivity (Wildman–Crippen MR) is 94.7 cm³/mol. The number of rotatable bonds is 5. The molecule has 1 fully saturated rings. The van der Waals surface area contributed by atoms with Crippen LogP contribution in [0.2, 0.25) is 0 Å². The molecule has 6 nitrogen and oxygen atoms in total. The molecule has 1 N–H and O–H groups in total. The lowest BCUT2D eigenvalue weighted by Crippen LogP contribution is -2.38. The van der Waals surface area contributed by atoms with E-state index in [4.69, 9.17) is 4.74 Å². The first-order valence-corrected chi connectivity index (χ1v) is 8.56. The molecule has 1 aliphatic rings. The molecule has 2 aromatic rings. The van der Waals surface area contributed by atoms with Gasteiger partial charge in [0.2, 0.25) is 5.91 Å². The van der Waals surface area contributed by atoms with Gasteiger partial charge in [0.05, 0.1) is 18.8 Å². The van der Waals surface area contributed by atoms with Crippen LogP contribution in [0.1, 0.15) is 35.7 Å². The van der Waals surface area contributed by atoms with Crippen LogP contribution < -0.4 is 5.32 Å². The molecule has 25 heavy (non-hydrogen) atoms. The van der Waals surface area contributed by atoms with Crippen molar-refractivity contribution in [1.82, 2.24) is 20.2 Å². The first-order chi connectivity index (χ1) is 12.1. The number of benzene rings is 1. The minimum absolute atomic E-state index is 0.0709. The van der Waals surface area contributed by atoms with Gasteiger partial charge in [0.15, 0.2) is 5.82 Å². The first kappa shape index (κ1) is 17.5. The number of aromatic nitrogens is 2. The van der Waals surface area contributed by atoms with Crippen LogP contribution in [0.25, 0.3) is 0 Å². The van der Waals surface area contributed by atoms with Gasteiger partial charge >= 0.3 is 0 Å². The molecule has 1 aliphatic heterocycles. The van der Waals surface area contributed by atoms with E-state index in [1.807, 2.05) is 6.07 Å². The van der Waals surface area contributed by atoms with Crippen molar-refractivity contribution in [2.24, 2.45) is 0 Å². The minimum Gasteiger partial charge on any atom is -0.368 e. The summed E-state index contributed by atoms with van der Waals surface area (Å²) in [4.78, 5) is 22.3. The second kappa shape index (κ2) is 8.18. The molecule has 1 saturated heterocycles. The van der Waals surface area contributed by atoms with E-state index in [0.29, 0.717) is 19.0 Å². The average Bonchev–Trinajstić information content (AvgIpc) is 2.60. The normalized spacial score (nSPS) is 18.1. The van der Waals surface area contributed by atoms with Gasteiger partial charge in [0.25, 0.3) is 0 Å². The van der Waals surface area contributed by atoms with Gasteiger partial charge in [-0.1, -0.05) is 29.8 Å². The average molecular weight is 340 g/mol. The van der Waals surface area contributed by atoms with Gasteiger partial charge in [-0.15, -0.1) is 0 Å². The monoisotopic (exact) mass is 340 g/mol. The Kier molecular flexibility index (Phi) is 5.73. The molecule has 1 amide bonds. The molecule has 0 aliphatic carbocycles. The molecule has 0 spiro atoms. The number of amides is 1. The van der Waals surface area contributed by atoms with Crippen molar-refractivity contribution in [3.05, 3.63) is 59.2 Å². The fourth-order valence-corrected chi connectivity index (χ4v) is 2.95. The van der Waals surface area contributed by atoms with Gasteiger partial charge in [0, 0.05) is 32.8 Å². The number of ether oxygens (including phenoxy) is 1. The third-order valence-corrected chi connectivity index (χ3v) is 4.18. The molecule has 0 radical (unpaired) electrons. The number of hydrogen-bond acceptors (Lipinski definition) is 5. The van der Waals surface area contributed by atoms with Gasteiger partial charge in [-0.3, -0.25) is 9.69 Å². The Morgan fingerprint density at radius 1 is 1.40 bits per heavy atom. The Balaban J connectivity index is 1.64. The van der Waals surface area contributed by atoms with E-state index in [2.05, 4.69) is 51.4 Å². The quantitative estimate of drug-likeness (QED) is 0.902. The van der Waals surface area contributed by atoms with Crippen LogP contribution in [0.15, 0.2) is 36.5 Å². The fraction of sp³-hybridized carbons (Fsp3) is 0.421. The van der Waals surface area contributed by atoms with Gasteiger partial charge < -0.3 is 10.1 Å². The number of carbonyl (C=O) groups is 1. The molecule has 0 bridgehead atoms. The van der Waals surface area contributed by atoms with E-state index in [0.717, 1.165) is 25.3 Å². The minimum atomic E-state index is -0.143. The van der Waals surface area contributed by atoms with Gasteiger partial charge in [-0.25, -0.2) is 9.97 Å². The Bertz CT molecular complexity index is 735. The smallest absolute Gasteiger partial charge is 0.217 e. The van der Waals surface area contributed by atoms with Gasteiger partial charge in [-0.05, 0) is 18.6 Å². The Morgan fingerprint density at radius 3 is 3.08 bits per heavy atom. The van der Waals surface area contributed by atoms with Crippen molar-refractivity contribution in [2.75, 3.05) is 19.7 Å². The van der Waals surface area contributed by atoms with Gasteiger partial charge in [-0.2, -0.15) is 0 Å². The molecular weight excluding hydrogens is 316 g/mol. The van der Waals surface area contributed by atoms with E-state index < -0.39 is 0 Å². The van der Waals surface area contributed by atoms with Crippen LogP contribution >= 0.6 is 0 Å². The zero-order valence-electron chi connectivity index (χ0n) is 14.7. The van der Waals surface area contributed by atoms with Crippen molar-refractivity contribution in [3.63, 3.8) is 0 Å². The van der Waals surface area contributed by atoms with E-state index in [1.54, 1.807) is 6.20 Å². The van der Waals surface area contributed by atoms with E-state index in [9.17, 15) is 4.79 Å². The fourth-order valence-electron chi connectivity index (χ4n) is 2.95. The summed E-state index contributed by atoms with van der Waals surface area (Å²) in [5, 5.41) is 2.76. The van der Waals surface area contributed by atoms with E-state index >= 15 is 0 Å². The predicted octanol–water partition coefficient (Wildman–Crippen LogP) is 1.99. The summed E-state index contributed by atoms with van der Waals surface area (Å²) < 4.78 is 5.88. The van der Waals surface area contributed by atoms with Crippen LogP contribution in [0.3, 0.4) is 0 Å². The lowest BCUT2D eigenvalue weighted by molar-refractivity contribution is -0.119. The van der Waals surface area contributed by atoms with Crippen molar-refractivity contribution >= 4 is 5.91 Å². The SMILES string of the molecule is CC(=O)NCc1ccnc(C2CN(Cc3cccc(C)c3)CCO2)n1. The third-order valence-electron chi connectivity index (χ3n) is 4.18. The zero-order chi connectivity index (χ0) is 17.6. The molecular formula is C19H24N4O2. The van der Waals surface area contributed by atoms with Gasteiger partial charge in [0.1, 0.15) is 6.10 Å². The highest BCUT2D eigenvalue weighted by molar-refractivity contribution is 5.72. The van der Waals surface area contributed by atoms with Crippen LogP contribution in [0.4, 0.5) is 0 Å². The molecule has 1 unspecified atom stereocenters. The Hall–Kier alpha value is -2.31. The van der Waals surface area contributed by atoms with Crippen molar-refractivity contribution in [3.8, 4) is 0 Å². The van der Waals surface area contributed by atoms with Crippen molar-refractivity contribution < 1.29 is 9.53 Å². The number of carbonyl (C=O) groups excluding carboxylic acids is 1. The summed E-state index contributed by atoms with van der Waals surface area (Å²) in [6, 6.07) is 10.4. The molecule has 1 atom stereocenters. The molecule has 3 rings (SSSR count). The lowest BCUT2D eigenvalue weighted by Gasteiger charge is -2.32. The standard InChI is InChI=1S/C19H24N4O2/c1-14-4-3-5-16(10-14)12-23-8-9-25-18(13-23)19-20-7-6-17(22-19)11-21-15(2)24/h3-7,10,18H,8-9,11-13H2,1-2H3,(H,21,24). The molecule has 1 aromatic heterocycles. The Morgan fingerprint density at radius 2 is 2.28 bits per heavy atom. The summed E-state index contributed by atoms with van der Waals surface area (Å²) in [5.41, 5.74) is 3.37. The first-order valence-electron chi connectivity index (χ1n) is 8.56. The second-order valence-corrected chi connectivity index (χ2v) is 6.40. The summed E-state index contributed by atoms with van der Waals surface area (Å²) in [6.45, 7) is 7.23. The van der Waals surface area contributed by atoms with Crippen LogP contribution in [0.5, 0.6) is 0 Å². The molecule has 1 aromatic carbocycles. The zero-order valence-corrected chi connectivity index (χ0v) is 14.7. The highest BCUT2D eigenvalue weighted by atomic mass is 16.5. The number of nitrogens with one attached hydrogen (secondary N) is 1. The topological polar surface area (TPSA) is 67.4 Å². The van der Waals surface area contributed by atoms with Crippen molar-refractivity contribution in [1.29, 1.82) is 0 Å². The summed E-state index contributed by atoms with van der Waals surface area (Å²) in [5.74, 6) is 0.607. The Labute approximate surface area is 148 Å². The summed E-state index contributed by atoms with van der Waals surface area (Å²) in [7, 11) is 0. The number of hydrogen-bond donors (Lipinski definition) is 1. The lowest BCUT2D eigenvalue weighted by atomic mass is 10.1. The maximum Gasteiger partial charge on any atom is 0.217 e. The highest BCUT2D eigenvalue weighted by Crippen LogP contribution is 2.21. The summed E-state index contributed by atoms with van der Waals surface area (Å²) in [6.07, 6.45) is 1.58. The van der Waals surface area contributed by atoms with E-state index in [1.165, 1.54) is 18.1 Å².